The van der Waals surface area contributed by atoms with Gasteiger partial charge in [-0.05, 0) is 23.3 Å². The van der Waals surface area contributed by atoms with Crippen LogP contribution in [0.3, 0.4) is 0 Å². The zero-order valence-electron chi connectivity index (χ0n) is 16.1. The van der Waals surface area contributed by atoms with Crippen molar-refractivity contribution < 1.29 is 13.2 Å². The van der Waals surface area contributed by atoms with Crippen LogP contribution in [0.25, 0.3) is 0 Å². The molecule has 0 fully saturated rings. The number of ether oxygens (including phenoxy) is 1. The van der Waals surface area contributed by atoms with Gasteiger partial charge in [0.2, 0.25) is 10.0 Å². The lowest BCUT2D eigenvalue weighted by Crippen LogP contribution is -2.35. The van der Waals surface area contributed by atoms with Gasteiger partial charge < -0.3 is 9.30 Å². The number of hydrogen-bond acceptors (Lipinski definition) is 3. The van der Waals surface area contributed by atoms with Gasteiger partial charge in [-0.25, -0.2) is 8.42 Å². The third-order valence-electron chi connectivity index (χ3n) is 4.59. The van der Waals surface area contributed by atoms with Crippen LogP contribution >= 0.6 is 0 Å². The molecule has 3 aromatic rings. The Hall–Kier alpha value is -2.41. The number of rotatable bonds is 10. The van der Waals surface area contributed by atoms with Gasteiger partial charge in [0.1, 0.15) is 0 Å². The summed E-state index contributed by atoms with van der Waals surface area (Å²) < 4.78 is 34.9. The van der Waals surface area contributed by atoms with Gasteiger partial charge in [-0.3, -0.25) is 0 Å². The Kier molecular flexibility index (Phi) is 7.03. The molecule has 28 heavy (non-hydrogen) atoms. The molecule has 0 atom stereocenters. The van der Waals surface area contributed by atoms with Crippen molar-refractivity contribution in [1.82, 2.24) is 8.87 Å². The van der Waals surface area contributed by atoms with E-state index in [1.807, 2.05) is 66.9 Å². The SMILES string of the molecule is COCCN(Cc1cccn1Cc1ccccc1)S(=O)(=O)Cc1ccccc1. The minimum Gasteiger partial charge on any atom is -0.383 e. The predicted molar refractivity (Wildman–Crippen MR) is 111 cm³/mol. The molecule has 0 saturated heterocycles. The molecule has 6 heteroatoms. The van der Waals surface area contributed by atoms with Gasteiger partial charge in [-0.15, -0.1) is 0 Å². The Morgan fingerprint density at radius 1 is 0.893 bits per heavy atom. The molecule has 0 aliphatic rings. The topological polar surface area (TPSA) is 51.5 Å². The van der Waals surface area contributed by atoms with Crippen LogP contribution in [0.5, 0.6) is 0 Å². The molecule has 1 aromatic heterocycles. The molecule has 2 aromatic carbocycles. The third-order valence-corrected chi connectivity index (χ3v) is 6.38. The molecule has 0 spiro atoms. The summed E-state index contributed by atoms with van der Waals surface area (Å²) in [5, 5.41) is 0. The first-order chi connectivity index (χ1) is 13.6. The van der Waals surface area contributed by atoms with Crippen molar-refractivity contribution in [2.24, 2.45) is 0 Å². The van der Waals surface area contributed by atoms with Crippen LogP contribution in [0.4, 0.5) is 0 Å². The summed E-state index contributed by atoms with van der Waals surface area (Å²) in [5.41, 5.74) is 2.91. The number of hydrogen-bond donors (Lipinski definition) is 0. The van der Waals surface area contributed by atoms with Crippen molar-refractivity contribution in [3.05, 3.63) is 95.8 Å². The van der Waals surface area contributed by atoms with Gasteiger partial charge in [0.05, 0.1) is 18.9 Å². The Balaban J connectivity index is 1.78. The Bertz CT molecular complexity index is 954. The fourth-order valence-corrected chi connectivity index (χ4v) is 4.57. The third kappa shape index (κ3) is 5.55. The molecule has 0 bridgehead atoms. The highest BCUT2D eigenvalue weighted by Gasteiger charge is 2.23. The Morgan fingerprint density at radius 3 is 2.18 bits per heavy atom. The van der Waals surface area contributed by atoms with Crippen molar-refractivity contribution in [3.63, 3.8) is 0 Å². The van der Waals surface area contributed by atoms with Gasteiger partial charge >= 0.3 is 0 Å². The highest BCUT2D eigenvalue weighted by molar-refractivity contribution is 7.88. The molecule has 0 aliphatic heterocycles. The number of benzene rings is 2. The van der Waals surface area contributed by atoms with Gasteiger partial charge in [0.25, 0.3) is 0 Å². The average molecular weight is 399 g/mol. The van der Waals surface area contributed by atoms with Crippen LogP contribution in [0, 0.1) is 0 Å². The highest BCUT2D eigenvalue weighted by Crippen LogP contribution is 2.16. The van der Waals surface area contributed by atoms with Crippen molar-refractivity contribution in [2.75, 3.05) is 20.3 Å². The summed E-state index contributed by atoms with van der Waals surface area (Å²) in [6, 6.07) is 23.3. The first-order valence-electron chi connectivity index (χ1n) is 9.27. The maximum atomic E-state index is 13.1. The number of sulfonamides is 1. The molecule has 0 radical (unpaired) electrons. The first-order valence-corrected chi connectivity index (χ1v) is 10.9. The zero-order valence-corrected chi connectivity index (χ0v) is 16.9. The lowest BCUT2D eigenvalue weighted by Gasteiger charge is -2.23. The molecular weight excluding hydrogens is 372 g/mol. The van der Waals surface area contributed by atoms with Gasteiger partial charge in [-0.2, -0.15) is 4.31 Å². The smallest absolute Gasteiger partial charge is 0.218 e. The van der Waals surface area contributed by atoms with Crippen molar-refractivity contribution in [3.8, 4) is 0 Å². The summed E-state index contributed by atoms with van der Waals surface area (Å²) in [6.45, 7) is 1.70. The zero-order chi connectivity index (χ0) is 19.8. The van der Waals surface area contributed by atoms with Crippen LogP contribution in [0.1, 0.15) is 16.8 Å². The predicted octanol–water partition coefficient (Wildman–Crippen LogP) is 3.51. The molecule has 3 rings (SSSR count). The van der Waals surface area contributed by atoms with Crippen LogP contribution < -0.4 is 0 Å². The van der Waals surface area contributed by atoms with Crippen molar-refractivity contribution in [2.45, 2.75) is 18.8 Å². The minimum absolute atomic E-state index is 0.0169. The Morgan fingerprint density at radius 2 is 1.54 bits per heavy atom. The van der Waals surface area contributed by atoms with Crippen LogP contribution in [-0.4, -0.2) is 37.6 Å². The fourth-order valence-electron chi connectivity index (χ4n) is 3.09. The van der Waals surface area contributed by atoms with E-state index < -0.39 is 10.0 Å². The van der Waals surface area contributed by atoms with E-state index in [0.717, 1.165) is 11.3 Å². The van der Waals surface area contributed by atoms with E-state index in [1.54, 1.807) is 7.11 Å². The molecule has 0 aliphatic carbocycles. The maximum Gasteiger partial charge on any atom is 0.218 e. The van der Waals surface area contributed by atoms with Gasteiger partial charge in [0.15, 0.2) is 0 Å². The van der Waals surface area contributed by atoms with E-state index in [2.05, 4.69) is 16.7 Å². The first kappa shape index (κ1) is 20.3. The molecule has 148 valence electrons. The summed E-state index contributed by atoms with van der Waals surface area (Å²) in [6.07, 6.45) is 1.99. The number of aromatic nitrogens is 1. The lowest BCUT2D eigenvalue weighted by molar-refractivity contribution is 0.176. The highest BCUT2D eigenvalue weighted by atomic mass is 32.2. The van der Waals surface area contributed by atoms with E-state index in [-0.39, 0.29) is 5.75 Å². The number of methoxy groups -OCH3 is 1. The van der Waals surface area contributed by atoms with E-state index in [9.17, 15) is 8.42 Å². The second-order valence-electron chi connectivity index (χ2n) is 6.68. The molecule has 0 saturated carbocycles. The molecular formula is C22H26N2O3S. The van der Waals surface area contributed by atoms with E-state index in [0.29, 0.717) is 26.2 Å². The minimum atomic E-state index is -3.47. The average Bonchev–Trinajstić information content (AvgIpc) is 3.13. The van der Waals surface area contributed by atoms with Crippen molar-refractivity contribution >= 4 is 10.0 Å². The Labute approximate surface area is 167 Å². The largest absolute Gasteiger partial charge is 0.383 e. The standard InChI is InChI=1S/C22H26N2O3S/c1-27-16-15-24(28(25,26)19-21-11-6-3-7-12-21)18-22-13-8-14-23(22)17-20-9-4-2-5-10-20/h2-14H,15-19H2,1H3. The second kappa shape index (κ2) is 9.68. The van der Waals surface area contributed by atoms with E-state index in [1.165, 1.54) is 9.87 Å². The molecule has 1 heterocycles. The monoisotopic (exact) mass is 398 g/mol. The van der Waals surface area contributed by atoms with Gasteiger partial charge in [0, 0.05) is 32.1 Å². The maximum absolute atomic E-state index is 13.1. The van der Waals surface area contributed by atoms with Gasteiger partial charge in [-0.1, -0.05) is 60.7 Å². The summed E-state index contributed by atoms with van der Waals surface area (Å²) in [5.74, 6) is -0.0169. The molecule has 5 nitrogen and oxygen atoms in total. The molecule has 0 unspecified atom stereocenters. The second-order valence-corrected chi connectivity index (χ2v) is 8.65. The van der Waals surface area contributed by atoms with Crippen molar-refractivity contribution in [1.29, 1.82) is 0 Å². The number of nitrogens with zero attached hydrogens (tertiary/aromatic N) is 2. The summed E-state index contributed by atoms with van der Waals surface area (Å²) in [4.78, 5) is 0. The molecule has 0 N–H and O–H groups in total. The fraction of sp³-hybridized carbons (Fsp3) is 0.273. The van der Waals surface area contributed by atoms with Crippen LogP contribution in [0.15, 0.2) is 79.0 Å². The van der Waals surface area contributed by atoms with E-state index >= 15 is 0 Å². The summed E-state index contributed by atoms with van der Waals surface area (Å²) in [7, 11) is -1.89. The molecule has 0 amide bonds. The van der Waals surface area contributed by atoms with Crippen LogP contribution in [-0.2, 0) is 33.6 Å². The normalized spacial score (nSPS) is 11.8. The summed E-state index contributed by atoms with van der Waals surface area (Å²) >= 11 is 0. The quantitative estimate of drug-likeness (QED) is 0.525. The lowest BCUT2D eigenvalue weighted by atomic mass is 10.2. The van der Waals surface area contributed by atoms with E-state index in [4.69, 9.17) is 4.74 Å². The van der Waals surface area contributed by atoms with Crippen LogP contribution in [0.2, 0.25) is 0 Å².